The van der Waals surface area contributed by atoms with Crippen LogP contribution in [0.15, 0.2) is 41.2 Å². The van der Waals surface area contributed by atoms with Crippen LogP contribution in [-0.2, 0) is 16.1 Å². The lowest BCUT2D eigenvalue weighted by Gasteiger charge is -2.28. The Morgan fingerprint density at radius 1 is 1.24 bits per heavy atom. The average Bonchev–Trinajstić information content (AvgIpc) is 3.28. The number of likely N-dealkylation sites (tertiary alicyclic amines) is 1. The van der Waals surface area contributed by atoms with Crippen LogP contribution in [-0.4, -0.2) is 54.0 Å². The van der Waals surface area contributed by atoms with Gasteiger partial charge in [0.2, 0.25) is 0 Å². The largest absolute Gasteiger partial charge is 0.497 e. The number of ether oxygens (including phenoxy) is 2. The van der Waals surface area contributed by atoms with Crippen molar-refractivity contribution in [1.82, 2.24) is 9.47 Å². The van der Waals surface area contributed by atoms with Gasteiger partial charge in [-0.15, -0.1) is 0 Å². The van der Waals surface area contributed by atoms with Gasteiger partial charge in [-0.05, 0) is 36.4 Å². The third kappa shape index (κ3) is 2.96. The standard InChI is InChI=1S/C22H26N2O5/c1-4-23-19-16(17(12-25)20(23)22(27)29-3)11-24-18(19)9-8-15(21(24)26)13-6-5-7-14(10-13)28-2/h5-10,16-17,19-20,25H,4,11-12H2,1-3H3/t16-,17-,19+,20-/m0/s1. The predicted octanol–water partition coefficient (Wildman–Crippen LogP) is 1.68. The van der Waals surface area contributed by atoms with Gasteiger partial charge in [0.05, 0.1) is 20.3 Å². The first-order chi connectivity index (χ1) is 14.0. The molecule has 154 valence electrons. The molecule has 29 heavy (non-hydrogen) atoms. The van der Waals surface area contributed by atoms with Gasteiger partial charge in [0.15, 0.2) is 0 Å². The molecule has 7 nitrogen and oxygen atoms in total. The number of hydrogen-bond donors (Lipinski definition) is 1. The highest BCUT2D eigenvalue weighted by molar-refractivity contribution is 5.77. The Bertz CT molecular complexity index is 985. The molecular formula is C22H26N2O5. The van der Waals surface area contributed by atoms with Crippen molar-refractivity contribution in [3.8, 4) is 16.9 Å². The molecule has 0 spiro atoms. The number of likely N-dealkylation sites (N-methyl/N-ethyl adjacent to an activating group) is 1. The molecular weight excluding hydrogens is 372 g/mol. The van der Waals surface area contributed by atoms with Crippen molar-refractivity contribution in [3.05, 3.63) is 52.4 Å². The minimum absolute atomic E-state index is 0.0164. The highest BCUT2D eigenvalue weighted by Crippen LogP contribution is 2.49. The topological polar surface area (TPSA) is 81.0 Å². The normalized spacial score (nSPS) is 25.5. The van der Waals surface area contributed by atoms with Gasteiger partial charge >= 0.3 is 5.97 Å². The Labute approximate surface area is 169 Å². The summed E-state index contributed by atoms with van der Waals surface area (Å²) in [5, 5.41) is 10.0. The highest BCUT2D eigenvalue weighted by atomic mass is 16.5. The fourth-order valence-corrected chi connectivity index (χ4v) is 5.08. The van der Waals surface area contributed by atoms with Crippen LogP contribution in [0.1, 0.15) is 18.7 Å². The molecule has 0 aliphatic carbocycles. The van der Waals surface area contributed by atoms with E-state index in [9.17, 15) is 14.7 Å². The molecule has 7 heteroatoms. The van der Waals surface area contributed by atoms with Crippen LogP contribution in [0.2, 0.25) is 0 Å². The maximum absolute atomic E-state index is 13.3. The number of methoxy groups -OCH3 is 2. The lowest BCUT2D eigenvalue weighted by molar-refractivity contribution is -0.148. The monoisotopic (exact) mass is 398 g/mol. The summed E-state index contributed by atoms with van der Waals surface area (Å²) in [6, 6.07) is 10.7. The zero-order chi connectivity index (χ0) is 20.7. The second-order valence-corrected chi connectivity index (χ2v) is 7.57. The van der Waals surface area contributed by atoms with Crippen molar-refractivity contribution in [3.63, 3.8) is 0 Å². The van der Waals surface area contributed by atoms with E-state index in [4.69, 9.17) is 9.47 Å². The van der Waals surface area contributed by atoms with Crippen LogP contribution in [0.4, 0.5) is 0 Å². The van der Waals surface area contributed by atoms with Crippen molar-refractivity contribution in [2.24, 2.45) is 11.8 Å². The maximum Gasteiger partial charge on any atom is 0.323 e. The minimum atomic E-state index is -0.494. The molecule has 4 atom stereocenters. The Kier molecular flexibility index (Phi) is 5.19. The number of nitrogens with zero attached hydrogens (tertiary/aromatic N) is 2. The van der Waals surface area contributed by atoms with Crippen molar-refractivity contribution in [2.45, 2.75) is 25.6 Å². The van der Waals surface area contributed by atoms with E-state index in [1.165, 1.54) is 7.11 Å². The van der Waals surface area contributed by atoms with Gasteiger partial charge in [-0.25, -0.2) is 0 Å². The fourth-order valence-electron chi connectivity index (χ4n) is 5.08. The molecule has 1 fully saturated rings. The number of carbonyl (C=O) groups excluding carboxylic acids is 1. The number of aliphatic hydroxyl groups excluding tert-OH is 1. The lowest BCUT2D eigenvalue weighted by atomic mass is 9.88. The SMILES string of the molecule is CCN1[C@H](C(=O)OC)[C@@H](CO)[C@@H]2Cn3c(ccc(-c4cccc(OC)c4)c3=O)[C@@H]21. The molecule has 1 aromatic heterocycles. The van der Waals surface area contributed by atoms with Gasteiger partial charge < -0.3 is 19.1 Å². The number of benzene rings is 1. The first-order valence-electron chi connectivity index (χ1n) is 9.88. The summed E-state index contributed by atoms with van der Waals surface area (Å²) in [6.07, 6.45) is 0. The number of fused-ring (bicyclic) bond motifs is 3. The third-order valence-electron chi connectivity index (χ3n) is 6.38. The van der Waals surface area contributed by atoms with Crippen LogP contribution in [0.25, 0.3) is 11.1 Å². The molecule has 0 unspecified atom stereocenters. The van der Waals surface area contributed by atoms with Crippen molar-refractivity contribution >= 4 is 5.97 Å². The zero-order valence-corrected chi connectivity index (χ0v) is 16.9. The minimum Gasteiger partial charge on any atom is -0.497 e. The molecule has 0 saturated carbocycles. The van der Waals surface area contributed by atoms with Gasteiger partial charge in [0, 0.05) is 36.2 Å². The summed E-state index contributed by atoms with van der Waals surface area (Å²) in [5.74, 6) is 0.0779. The average molecular weight is 398 g/mol. The molecule has 3 heterocycles. The van der Waals surface area contributed by atoms with E-state index in [0.717, 1.165) is 11.3 Å². The van der Waals surface area contributed by atoms with Crippen LogP contribution < -0.4 is 10.3 Å². The quantitative estimate of drug-likeness (QED) is 0.772. The Hall–Kier alpha value is -2.64. The van der Waals surface area contributed by atoms with E-state index < -0.39 is 6.04 Å². The van der Waals surface area contributed by atoms with Crippen LogP contribution in [0.3, 0.4) is 0 Å². The number of rotatable bonds is 5. The first-order valence-corrected chi connectivity index (χ1v) is 9.88. The van der Waals surface area contributed by atoms with E-state index in [-0.39, 0.29) is 36.0 Å². The van der Waals surface area contributed by atoms with Gasteiger partial charge in [0.25, 0.3) is 5.56 Å². The third-order valence-corrected chi connectivity index (χ3v) is 6.38. The lowest BCUT2D eigenvalue weighted by Crippen LogP contribution is -2.43. The van der Waals surface area contributed by atoms with Gasteiger partial charge in [0.1, 0.15) is 11.8 Å². The zero-order valence-electron chi connectivity index (χ0n) is 16.9. The number of pyridine rings is 1. The predicted molar refractivity (Wildman–Crippen MR) is 108 cm³/mol. The molecule has 0 amide bonds. The number of esters is 1. The van der Waals surface area contributed by atoms with Crippen molar-refractivity contribution < 1.29 is 19.4 Å². The van der Waals surface area contributed by atoms with Gasteiger partial charge in [-0.2, -0.15) is 0 Å². The van der Waals surface area contributed by atoms with Gasteiger partial charge in [-0.3, -0.25) is 14.5 Å². The van der Waals surface area contributed by atoms with E-state index in [2.05, 4.69) is 4.90 Å². The Morgan fingerprint density at radius 2 is 2.03 bits per heavy atom. The number of carbonyl (C=O) groups is 1. The molecule has 0 bridgehead atoms. The van der Waals surface area contributed by atoms with E-state index in [1.807, 2.05) is 43.3 Å². The molecule has 4 rings (SSSR count). The summed E-state index contributed by atoms with van der Waals surface area (Å²) in [5.41, 5.74) is 2.24. The second-order valence-electron chi connectivity index (χ2n) is 7.57. The van der Waals surface area contributed by atoms with Crippen molar-refractivity contribution in [1.29, 1.82) is 0 Å². The molecule has 2 aliphatic heterocycles. The maximum atomic E-state index is 13.3. The molecule has 1 N–H and O–H groups in total. The first kappa shape index (κ1) is 19.7. The molecule has 2 aliphatic rings. The van der Waals surface area contributed by atoms with E-state index in [0.29, 0.717) is 24.4 Å². The number of aromatic nitrogens is 1. The fraction of sp³-hybridized carbons (Fsp3) is 0.455. The van der Waals surface area contributed by atoms with E-state index >= 15 is 0 Å². The summed E-state index contributed by atoms with van der Waals surface area (Å²) in [7, 11) is 2.97. The second kappa shape index (κ2) is 7.65. The van der Waals surface area contributed by atoms with Crippen LogP contribution in [0, 0.1) is 11.8 Å². The molecule has 0 radical (unpaired) electrons. The molecule has 1 saturated heterocycles. The van der Waals surface area contributed by atoms with E-state index in [1.54, 1.807) is 11.7 Å². The van der Waals surface area contributed by atoms with Crippen LogP contribution in [0.5, 0.6) is 5.75 Å². The number of aliphatic hydroxyl groups is 1. The highest BCUT2D eigenvalue weighted by Gasteiger charge is 2.55. The summed E-state index contributed by atoms with van der Waals surface area (Å²) in [6.45, 7) is 2.97. The van der Waals surface area contributed by atoms with Crippen LogP contribution >= 0.6 is 0 Å². The molecule has 2 aromatic rings. The summed E-state index contributed by atoms with van der Waals surface area (Å²) >= 11 is 0. The van der Waals surface area contributed by atoms with Gasteiger partial charge in [-0.1, -0.05) is 19.1 Å². The molecule has 1 aromatic carbocycles. The summed E-state index contributed by atoms with van der Waals surface area (Å²) in [4.78, 5) is 27.8. The smallest absolute Gasteiger partial charge is 0.323 e. The Morgan fingerprint density at radius 3 is 2.69 bits per heavy atom. The number of hydrogen-bond acceptors (Lipinski definition) is 6. The Balaban J connectivity index is 1.78. The van der Waals surface area contributed by atoms with Crippen molar-refractivity contribution in [2.75, 3.05) is 27.4 Å². The summed E-state index contributed by atoms with van der Waals surface area (Å²) < 4.78 is 12.1.